The van der Waals surface area contributed by atoms with Crippen LogP contribution in [0.1, 0.15) is 41.5 Å². The molecule has 1 saturated carbocycles. The Labute approximate surface area is 177 Å². The van der Waals surface area contributed by atoms with Gasteiger partial charge in [0.2, 0.25) is 0 Å². The number of hydrogen-bond donors (Lipinski definition) is 0. The van der Waals surface area contributed by atoms with Crippen LogP contribution in [0.15, 0.2) is 24.5 Å². The minimum absolute atomic E-state index is 0.0934. The molecular formula is C21H23F3N4O3. The van der Waals surface area contributed by atoms with E-state index in [9.17, 15) is 18.0 Å². The molecule has 2 aromatic heterocycles. The lowest BCUT2D eigenvalue weighted by molar-refractivity contribution is -0.138. The number of nitrogens with zero attached hydrogens (tertiary/aromatic N) is 4. The van der Waals surface area contributed by atoms with Crippen molar-refractivity contribution in [2.75, 3.05) is 19.8 Å². The Bertz CT molecular complexity index is 952. The summed E-state index contributed by atoms with van der Waals surface area (Å²) in [6, 6.07) is 3.13. The van der Waals surface area contributed by atoms with E-state index in [1.54, 1.807) is 17.0 Å². The van der Waals surface area contributed by atoms with E-state index in [0.29, 0.717) is 48.8 Å². The Morgan fingerprint density at radius 2 is 1.90 bits per heavy atom. The number of carbonyl (C=O) groups excluding carboxylic acids is 1. The maximum absolute atomic E-state index is 13.4. The number of hydrogen-bond acceptors (Lipinski definition) is 6. The van der Waals surface area contributed by atoms with Crippen molar-refractivity contribution in [3.63, 3.8) is 0 Å². The Balaban J connectivity index is 1.49. The van der Waals surface area contributed by atoms with Crippen LogP contribution in [0.5, 0.6) is 11.8 Å². The molecule has 1 amide bonds. The van der Waals surface area contributed by atoms with E-state index in [1.165, 1.54) is 0 Å². The summed E-state index contributed by atoms with van der Waals surface area (Å²) >= 11 is 0. The topological polar surface area (TPSA) is 77.4 Å². The maximum atomic E-state index is 13.4. The van der Waals surface area contributed by atoms with Crippen LogP contribution in [0, 0.1) is 18.8 Å². The number of fused-ring (bicyclic) bond motifs is 1. The fourth-order valence-corrected chi connectivity index (χ4v) is 3.92. The lowest BCUT2D eigenvalue weighted by atomic mass is 10.0. The predicted octanol–water partition coefficient (Wildman–Crippen LogP) is 3.53. The Hall–Kier alpha value is -2.91. The molecule has 1 aliphatic heterocycles. The number of pyridine rings is 1. The van der Waals surface area contributed by atoms with Crippen molar-refractivity contribution in [1.82, 2.24) is 19.9 Å². The smallest absolute Gasteiger partial charge is 0.419 e. The summed E-state index contributed by atoms with van der Waals surface area (Å²) in [6.45, 7) is 4.74. The third-order valence-corrected chi connectivity index (χ3v) is 5.64. The standard InChI is InChI=1S/C21H23F3N4O3/c1-3-30-17-5-4-12(2)27-18(17)19(29)28-10-14-6-13(14)7-16(28)11-31-20-25-8-15(9-26-20)21(22,23)24/h4-5,8-9,13-14,16H,3,6-7,10-11H2,1-2H3/t13-,14+,16+/m1/s1. The molecule has 0 bridgehead atoms. The van der Waals surface area contributed by atoms with Crippen molar-refractivity contribution >= 4 is 5.91 Å². The van der Waals surface area contributed by atoms with Crippen molar-refractivity contribution in [3.05, 3.63) is 41.5 Å². The molecule has 0 spiro atoms. The van der Waals surface area contributed by atoms with Gasteiger partial charge in [0.1, 0.15) is 6.61 Å². The van der Waals surface area contributed by atoms with Crippen LogP contribution < -0.4 is 9.47 Å². The number of amides is 1. The Morgan fingerprint density at radius 1 is 1.16 bits per heavy atom. The monoisotopic (exact) mass is 436 g/mol. The highest BCUT2D eigenvalue weighted by atomic mass is 19.4. The maximum Gasteiger partial charge on any atom is 0.419 e. The molecule has 1 aliphatic carbocycles. The molecule has 2 fully saturated rings. The number of likely N-dealkylation sites (tertiary alicyclic amines) is 1. The third-order valence-electron chi connectivity index (χ3n) is 5.64. The number of alkyl halides is 3. The molecule has 2 aromatic rings. The molecule has 3 atom stereocenters. The van der Waals surface area contributed by atoms with Crippen LogP contribution in [0.25, 0.3) is 0 Å². The molecule has 0 unspecified atom stereocenters. The highest BCUT2D eigenvalue weighted by Gasteiger charge is 2.48. The number of ether oxygens (including phenoxy) is 2. The third kappa shape index (κ3) is 4.72. The van der Waals surface area contributed by atoms with Crippen LogP contribution in [-0.4, -0.2) is 51.6 Å². The molecule has 10 heteroatoms. The molecule has 2 aliphatic rings. The van der Waals surface area contributed by atoms with Crippen molar-refractivity contribution in [1.29, 1.82) is 0 Å². The largest absolute Gasteiger partial charge is 0.491 e. The number of aromatic nitrogens is 3. The normalized spacial score (nSPS) is 22.6. The van der Waals surface area contributed by atoms with Gasteiger partial charge >= 0.3 is 12.2 Å². The summed E-state index contributed by atoms with van der Waals surface area (Å²) in [6.07, 6.45) is -1.32. The first-order valence-corrected chi connectivity index (χ1v) is 10.2. The number of rotatable bonds is 6. The predicted molar refractivity (Wildman–Crippen MR) is 104 cm³/mol. The molecule has 166 valence electrons. The average Bonchev–Trinajstić information content (AvgIpc) is 3.50. The van der Waals surface area contributed by atoms with E-state index in [1.807, 2.05) is 13.8 Å². The van der Waals surface area contributed by atoms with Crippen LogP contribution in [0.4, 0.5) is 13.2 Å². The van der Waals surface area contributed by atoms with E-state index in [4.69, 9.17) is 9.47 Å². The van der Waals surface area contributed by atoms with Gasteiger partial charge in [-0.15, -0.1) is 0 Å². The van der Waals surface area contributed by atoms with Gasteiger partial charge < -0.3 is 14.4 Å². The second-order valence-corrected chi connectivity index (χ2v) is 7.90. The number of aryl methyl sites for hydroxylation is 1. The Kier molecular flexibility index (Phi) is 5.72. The van der Waals surface area contributed by atoms with Crippen molar-refractivity contribution in [2.24, 2.45) is 11.8 Å². The summed E-state index contributed by atoms with van der Waals surface area (Å²) in [5, 5.41) is 0. The van der Waals surface area contributed by atoms with Gasteiger partial charge in [0.15, 0.2) is 11.4 Å². The van der Waals surface area contributed by atoms with Crippen LogP contribution in [0.2, 0.25) is 0 Å². The first-order chi connectivity index (χ1) is 14.8. The number of carbonyl (C=O) groups is 1. The van der Waals surface area contributed by atoms with E-state index < -0.39 is 11.7 Å². The summed E-state index contributed by atoms with van der Waals surface area (Å²) in [5.41, 5.74) is 0.0277. The molecule has 0 radical (unpaired) electrons. The van der Waals surface area contributed by atoms with Crippen LogP contribution in [-0.2, 0) is 6.18 Å². The fraction of sp³-hybridized carbons (Fsp3) is 0.524. The molecule has 0 aromatic carbocycles. The second-order valence-electron chi connectivity index (χ2n) is 7.90. The molecule has 0 N–H and O–H groups in total. The van der Waals surface area contributed by atoms with Crippen molar-refractivity contribution in [3.8, 4) is 11.8 Å². The lowest BCUT2D eigenvalue weighted by Gasteiger charge is -2.35. The van der Waals surface area contributed by atoms with E-state index in [0.717, 1.165) is 12.8 Å². The zero-order chi connectivity index (χ0) is 22.2. The van der Waals surface area contributed by atoms with Crippen molar-refractivity contribution < 1.29 is 27.4 Å². The van der Waals surface area contributed by atoms with Gasteiger partial charge in [-0.25, -0.2) is 15.0 Å². The molecule has 1 saturated heterocycles. The van der Waals surface area contributed by atoms with E-state index in [-0.39, 0.29) is 30.3 Å². The first-order valence-electron chi connectivity index (χ1n) is 10.2. The minimum atomic E-state index is -4.51. The molecule has 31 heavy (non-hydrogen) atoms. The van der Waals surface area contributed by atoms with Gasteiger partial charge in [-0.05, 0) is 50.7 Å². The summed E-state index contributed by atoms with van der Waals surface area (Å²) < 4.78 is 49.2. The lowest BCUT2D eigenvalue weighted by Crippen LogP contribution is -2.48. The van der Waals surface area contributed by atoms with Gasteiger partial charge in [0.25, 0.3) is 5.91 Å². The minimum Gasteiger partial charge on any atom is -0.491 e. The SMILES string of the molecule is CCOc1ccc(C)nc1C(=O)N1C[C@@H]2C[C@@H]2C[C@H]1COc1ncc(C(F)(F)F)cn1. The fourth-order valence-electron chi connectivity index (χ4n) is 3.92. The number of halogens is 3. The highest BCUT2D eigenvalue weighted by Crippen LogP contribution is 2.47. The van der Waals surface area contributed by atoms with Crippen LogP contribution in [0.3, 0.4) is 0 Å². The Morgan fingerprint density at radius 3 is 2.58 bits per heavy atom. The first kappa shape index (κ1) is 21.3. The quantitative estimate of drug-likeness (QED) is 0.690. The zero-order valence-corrected chi connectivity index (χ0v) is 17.2. The van der Waals surface area contributed by atoms with Gasteiger partial charge in [0, 0.05) is 24.6 Å². The van der Waals surface area contributed by atoms with Crippen molar-refractivity contribution in [2.45, 2.75) is 38.9 Å². The molecular weight excluding hydrogens is 413 g/mol. The average molecular weight is 436 g/mol. The van der Waals surface area contributed by atoms with Crippen LogP contribution >= 0.6 is 0 Å². The number of piperidine rings is 1. The van der Waals surface area contributed by atoms with Gasteiger partial charge in [-0.3, -0.25) is 4.79 Å². The van der Waals surface area contributed by atoms with Gasteiger partial charge in [-0.2, -0.15) is 13.2 Å². The highest BCUT2D eigenvalue weighted by molar-refractivity contribution is 5.95. The van der Waals surface area contributed by atoms with Gasteiger partial charge in [0.05, 0.1) is 18.2 Å². The van der Waals surface area contributed by atoms with E-state index in [2.05, 4.69) is 15.0 Å². The van der Waals surface area contributed by atoms with E-state index >= 15 is 0 Å². The zero-order valence-electron chi connectivity index (χ0n) is 17.2. The van der Waals surface area contributed by atoms with Gasteiger partial charge in [-0.1, -0.05) is 0 Å². The molecule has 7 nitrogen and oxygen atoms in total. The second kappa shape index (κ2) is 8.32. The summed E-state index contributed by atoms with van der Waals surface area (Å²) in [4.78, 5) is 26.8. The summed E-state index contributed by atoms with van der Waals surface area (Å²) in [7, 11) is 0. The summed E-state index contributed by atoms with van der Waals surface area (Å²) in [5.74, 6) is 1.19. The molecule has 3 heterocycles. The molecule has 4 rings (SSSR count).